The van der Waals surface area contributed by atoms with Crippen molar-refractivity contribution < 1.29 is 24.2 Å². The Labute approximate surface area is 202 Å². The molecule has 9 heteroatoms. The maximum atomic E-state index is 13.2. The van der Waals surface area contributed by atoms with E-state index in [9.17, 15) is 14.4 Å². The largest absolute Gasteiger partial charge is 0.481 e. The van der Waals surface area contributed by atoms with Crippen molar-refractivity contribution >= 4 is 18.0 Å². The molecule has 2 aliphatic rings. The number of rotatable bonds is 7. The summed E-state index contributed by atoms with van der Waals surface area (Å²) in [6.07, 6.45) is 1.30. The first-order valence-corrected chi connectivity index (χ1v) is 11.6. The minimum Gasteiger partial charge on any atom is -0.481 e. The van der Waals surface area contributed by atoms with Crippen LogP contribution in [0, 0.1) is 0 Å². The molecule has 35 heavy (non-hydrogen) atoms. The van der Waals surface area contributed by atoms with Crippen LogP contribution in [0.2, 0.25) is 0 Å². The van der Waals surface area contributed by atoms with Crippen LogP contribution in [-0.4, -0.2) is 57.4 Å². The Hall–Kier alpha value is -4.14. The molecule has 2 heterocycles. The Balaban J connectivity index is 1.26. The smallest absolute Gasteiger partial charge is 0.407 e. The zero-order chi connectivity index (χ0) is 24.4. The molecule has 9 nitrogen and oxygen atoms in total. The first-order chi connectivity index (χ1) is 17.0. The summed E-state index contributed by atoms with van der Waals surface area (Å²) in [4.78, 5) is 38.7. The number of nitrogens with one attached hydrogen (secondary N) is 2. The fraction of sp³-hybridized carbons (Fsp3) is 0.308. The van der Waals surface area contributed by atoms with E-state index in [1.165, 1.54) is 0 Å². The van der Waals surface area contributed by atoms with Crippen LogP contribution in [0.3, 0.4) is 0 Å². The number of aliphatic carboxylic acids is 1. The maximum absolute atomic E-state index is 13.2. The van der Waals surface area contributed by atoms with Gasteiger partial charge in [-0.15, -0.1) is 0 Å². The second-order valence-corrected chi connectivity index (χ2v) is 8.84. The summed E-state index contributed by atoms with van der Waals surface area (Å²) in [6, 6.07) is 15.1. The lowest BCUT2D eigenvalue weighted by Crippen LogP contribution is -2.50. The number of hydrogen-bond acceptors (Lipinski definition) is 5. The Bertz CT molecular complexity index is 1220. The Morgan fingerprint density at radius 2 is 1.80 bits per heavy atom. The highest BCUT2D eigenvalue weighted by molar-refractivity contribution is 5.86. The molecule has 5 rings (SSSR count). The molecule has 1 aromatic heterocycles. The van der Waals surface area contributed by atoms with E-state index in [4.69, 9.17) is 9.84 Å². The normalized spacial score (nSPS) is 15.0. The van der Waals surface area contributed by atoms with Crippen molar-refractivity contribution in [3.05, 3.63) is 77.1 Å². The van der Waals surface area contributed by atoms with Gasteiger partial charge in [0.25, 0.3) is 0 Å². The number of carboxylic acid groups (broad SMARTS) is 1. The summed E-state index contributed by atoms with van der Waals surface area (Å²) in [5, 5.41) is 18.7. The van der Waals surface area contributed by atoms with Gasteiger partial charge in [-0.05, 0) is 28.7 Å². The van der Waals surface area contributed by atoms with E-state index in [0.717, 1.165) is 33.5 Å². The van der Waals surface area contributed by atoms with Crippen molar-refractivity contribution in [1.29, 1.82) is 0 Å². The number of carboxylic acids is 1. The van der Waals surface area contributed by atoms with Crippen molar-refractivity contribution in [2.75, 3.05) is 13.2 Å². The average Bonchev–Trinajstić information content (AvgIpc) is 3.47. The predicted octanol–water partition coefficient (Wildman–Crippen LogP) is 3.07. The third-order valence-electron chi connectivity index (χ3n) is 6.69. The summed E-state index contributed by atoms with van der Waals surface area (Å²) in [5.41, 5.74) is 6.32. The molecule has 2 amide bonds. The van der Waals surface area contributed by atoms with Gasteiger partial charge in [0.15, 0.2) is 0 Å². The third kappa shape index (κ3) is 4.62. The zero-order valence-electron chi connectivity index (χ0n) is 19.1. The number of hydrogen-bond donors (Lipinski definition) is 3. The van der Waals surface area contributed by atoms with Crippen LogP contribution in [0.1, 0.15) is 41.1 Å². The summed E-state index contributed by atoms with van der Waals surface area (Å²) in [6.45, 7) is 0.937. The van der Waals surface area contributed by atoms with E-state index in [1.54, 1.807) is 11.1 Å². The Morgan fingerprint density at radius 1 is 1.11 bits per heavy atom. The third-order valence-corrected chi connectivity index (χ3v) is 6.69. The number of amides is 2. The van der Waals surface area contributed by atoms with Gasteiger partial charge in [0, 0.05) is 43.1 Å². The Morgan fingerprint density at radius 3 is 2.49 bits per heavy atom. The Kier molecular flexibility index (Phi) is 6.22. The van der Waals surface area contributed by atoms with Crippen molar-refractivity contribution in [3.8, 4) is 11.1 Å². The lowest BCUT2D eigenvalue weighted by molar-refractivity contribution is -0.138. The van der Waals surface area contributed by atoms with E-state index in [2.05, 4.69) is 27.6 Å². The lowest BCUT2D eigenvalue weighted by Gasteiger charge is -2.30. The van der Waals surface area contributed by atoms with E-state index in [-0.39, 0.29) is 31.3 Å². The second kappa shape index (κ2) is 9.61. The van der Waals surface area contributed by atoms with Gasteiger partial charge < -0.3 is 20.1 Å². The SMILES string of the molecule is O=C(O)CCC(NC(=O)OCC1c2ccccc2-c2ccccc21)C(=O)N1CCc2[nH]ncc2C1. The molecule has 1 aliphatic carbocycles. The number of carbonyl (C=O) groups excluding carboxylic acids is 2. The van der Waals surface area contributed by atoms with Crippen LogP contribution in [0.5, 0.6) is 0 Å². The van der Waals surface area contributed by atoms with E-state index in [0.29, 0.717) is 19.5 Å². The molecule has 0 radical (unpaired) electrons. The number of aromatic amines is 1. The number of benzene rings is 2. The zero-order valence-corrected chi connectivity index (χ0v) is 19.1. The highest BCUT2D eigenvalue weighted by Gasteiger charge is 2.32. The molecule has 2 aromatic carbocycles. The van der Waals surface area contributed by atoms with E-state index < -0.39 is 18.1 Å². The van der Waals surface area contributed by atoms with Crippen molar-refractivity contribution in [1.82, 2.24) is 20.4 Å². The molecule has 0 bridgehead atoms. The minimum absolute atomic E-state index is 0.0207. The van der Waals surface area contributed by atoms with Gasteiger partial charge in [-0.2, -0.15) is 5.10 Å². The molecule has 0 saturated heterocycles. The second-order valence-electron chi connectivity index (χ2n) is 8.84. The van der Waals surface area contributed by atoms with Gasteiger partial charge in [-0.3, -0.25) is 14.7 Å². The summed E-state index contributed by atoms with van der Waals surface area (Å²) >= 11 is 0. The van der Waals surface area contributed by atoms with Crippen molar-refractivity contribution in [2.24, 2.45) is 0 Å². The first kappa shape index (κ1) is 22.6. The monoisotopic (exact) mass is 474 g/mol. The standard InChI is InChI=1S/C26H26N4O5/c31-24(32)10-9-23(25(33)30-12-11-22-16(14-30)13-27-29-22)28-26(34)35-15-21-19-7-3-1-5-17(19)18-6-2-4-8-20(18)21/h1-8,13,21,23H,9-12,14-15H2,(H,27,29)(H,28,34)(H,31,32). The molecule has 1 aliphatic heterocycles. The van der Waals surface area contributed by atoms with Gasteiger partial charge in [0.2, 0.25) is 5.91 Å². The number of ether oxygens (including phenoxy) is 1. The van der Waals surface area contributed by atoms with Crippen LogP contribution in [0.4, 0.5) is 4.79 Å². The van der Waals surface area contributed by atoms with E-state index >= 15 is 0 Å². The van der Waals surface area contributed by atoms with Gasteiger partial charge in [-0.1, -0.05) is 48.5 Å². The summed E-state index contributed by atoms with van der Waals surface area (Å²) in [7, 11) is 0. The van der Waals surface area contributed by atoms with Gasteiger partial charge >= 0.3 is 12.1 Å². The topological polar surface area (TPSA) is 125 Å². The van der Waals surface area contributed by atoms with Crippen LogP contribution < -0.4 is 5.32 Å². The highest BCUT2D eigenvalue weighted by atomic mass is 16.5. The maximum Gasteiger partial charge on any atom is 0.407 e. The predicted molar refractivity (Wildman–Crippen MR) is 127 cm³/mol. The van der Waals surface area contributed by atoms with Gasteiger partial charge in [-0.25, -0.2) is 4.79 Å². The molecule has 0 saturated carbocycles. The number of H-pyrrole nitrogens is 1. The first-order valence-electron chi connectivity index (χ1n) is 11.6. The van der Waals surface area contributed by atoms with Crippen molar-refractivity contribution in [2.45, 2.75) is 37.8 Å². The molecular formula is C26H26N4O5. The fourth-order valence-electron chi connectivity index (χ4n) is 4.94. The molecule has 0 fully saturated rings. The van der Waals surface area contributed by atoms with Crippen LogP contribution >= 0.6 is 0 Å². The fourth-order valence-corrected chi connectivity index (χ4v) is 4.94. The van der Waals surface area contributed by atoms with Crippen LogP contribution in [0.25, 0.3) is 11.1 Å². The van der Waals surface area contributed by atoms with Gasteiger partial charge in [0.05, 0.1) is 6.20 Å². The minimum atomic E-state index is -1.03. The summed E-state index contributed by atoms with van der Waals surface area (Å²) in [5.74, 6) is -1.47. The molecular weight excluding hydrogens is 448 g/mol. The van der Waals surface area contributed by atoms with Gasteiger partial charge in [0.1, 0.15) is 12.6 Å². The average molecular weight is 475 g/mol. The van der Waals surface area contributed by atoms with Crippen LogP contribution in [0.15, 0.2) is 54.7 Å². The number of alkyl carbamates (subject to hydrolysis) is 1. The molecule has 3 N–H and O–H groups in total. The lowest BCUT2D eigenvalue weighted by atomic mass is 9.98. The number of aromatic nitrogens is 2. The quantitative estimate of drug-likeness (QED) is 0.483. The molecule has 180 valence electrons. The molecule has 0 spiro atoms. The molecule has 1 atom stereocenters. The van der Waals surface area contributed by atoms with Crippen LogP contribution in [-0.2, 0) is 27.3 Å². The highest BCUT2D eigenvalue weighted by Crippen LogP contribution is 2.44. The molecule has 3 aromatic rings. The summed E-state index contributed by atoms with van der Waals surface area (Å²) < 4.78 is 5.58. The van der Waals surface area contributed by atoms with E-state index in [1.807, 2.05) is 36.4 Å². The number of carbonyl (C=O) groups is 3. The molecule has 1 unspecified atom stereocenters. The van der Waals surface area contributed by atoms with Crippen molar-refractivity contribution in [3.63, 3.8) is 0 Å². The number of fused-ring (bicyclic) bond motifs is 4. The number of nitrogens with zero attached hydrogens (tertiary/aromatic N) is 2.